The second-order valence-electron chi connectivity index (χ2n) is 5.50. The van der Waals surface area contributed by atoms with Crippen LogP contribution < -0.4 is 5.32 Å². The highest BCUT2D eigenvalue weighted by Gasteiger charge is 2.29. The van der Waals surface area contributed by atoms with Crippen LogP contribution in [0.25, 0.3) is 11.3 Å². The lowest BCUT2D eigenvalue weighted by Gasteiger charge is -2.23. The summed E-state index contributed by atoms with van der Waals surface area (Å²) in [6, 6.07) is 9.52. The number of likely N-dealkylation sites (N-methyl/N-ethyl adjacent to an activating group) is 1. The summed E-state index contributed by atoms with van der Waals surface area (Å²) in [6.45, 7) is 1.61. The molecule has 6 heteroatoms. The number of H-pyrrole nitrogens is 1. The highest BCUT2D eigenvalue weighted by atomic mass is 35.5. The van der Waals surface area contributed by atoms with Crippen LogP contribution in [0.4, 0.5) is 0 Å². The summed E-state index contributed by atoms with van der Waals surface area (Å²) in [6.07, 6.45) is 2.09. The molecule has 0 bridgehead atoms. The molecule has 0 radical (unpaired) electrons. The SMILES string of the molecule is CNCC1CCCN1C(=O)c1cc(-c2ccccc2Cl)n[nH]1. The zero-order chi connectivity index (χ0) is 15.5. The summed E-state index contributed by atoms with van der Waals surface area (Å²) in [4.78, 5) is 14.6. The van der Waals surface area contributed by atoms with Gasteiger partial charge < -0.3 is 10.2 Å². The van der Waals surface area contributed by atoms with Crippen molar-refractivity contribution < 1.29 is 4.79 Å². The number of aromatic amines is 1. The van der Waals surface area contributed by atoms with Gasteiger partial charge >= 0.3 is 0 Å². The van der Waals surface area contributed by atoms with Crippen LogP contribution >= 0.6 is 11.6 Å². The average molecular weight is 319 g/mol. The molecule has 2 aromatic rings. The summed E-state index contributed by atoms with van der Waals surface area (Å²) < 4.78 is 0. The van der Waals surface area contributed by atoms with E-state index in [9.17, 15) is 4.79 Å². The Hall–Kier alpha value is -1.85. The van der Waals surface area contributed by atoms with Crippen LogP contribution in [0.5, 0.6) is 0 Å². The summed E-state index contributed by atoms with van der Waals surface area (Å²) in [7, 11) is 1.91. The van der Waals surface area contributed by atoms with Gasteiger partial charge in [-0.2, -0.15) is 5.10 Å². The molecular formula is C16H19ClN4O. The molecule has 5 nitrogen and oxygen atoms in total. The van der Waals surface area contributed by atoms with Crippen LogP contribution in [0.1, 0.15) is 23.3 Å². The zero-order valence-electron chi connectivity index (χ0n) is 12.5. The van der Waals surface area contributed by atoms with Gasteiger partial charge in [-0.05, 0) is 32.0 Å². The number of benzene rings is 1. The molecule has 0 aliphatic carbocycles. The predicted molar refractivity (Wildman–Crippen MR) is 87.0 cm³/mol. The van der Waals surface area contributed by atoms with Gasteiger partial charge in [-0.3, -0.25) is 9.89 Å². The number of rotatable bonds is 4. The molecule has 1 saturated heterocycles. The van der Waals surface area contributed by atoms with E-state index in [0.29, 0.717) is 16.4 Å². The van der Waals surface area contributed by atoms with E-state index in [2.05, 4.69) is 15.5 Å². The van der Waals surface area contributed by atoms with Crippen LogP contribution in [0.2, 0.25) is 5.02 Å². The van der Waals surface area contributed by atoms with Gasteiger partial charge in [0.25, 0.3) is 5.91 Å². The maximum Gasteiger partial charge on any atom is 0.272 e. The number of carbonyl (C=O) groups excluding carboxylic acids is 1. The monoisotopic (exact) mass is 318 g/mol. The van der Waals surface area contributed by atoms with Gasteiger partial charge in [0.1, 0.15) is 5.69 Å². The lowest BCUT2D eigenvalue weighted by atomic mass is 10.1. The van der Waals surface area contributed by atoms with Crippen molar-refractivity contribution in [2.24, 2.45) is 0 Å². The number of halogens is 1. The van der Waals surface area contributed by atoms with Crippen molar-refractivity contribution in [2.75, 3.05) is 20.1 Å². The minimum Gasteiger partial charge on any atom is -0.333 e. The van der Waals surface area contributed by atoms with E-state index in [1.807, 2.05) is 36.2 Å². The first kappa shape index (κ1) is 15.1. The van der Waals surface area contributed by atoms with Crippen LogP contribution in [-0.4, -0.2) is 47.2 Å². The Labute approximate surface area is 134 Å². The number of nitrogens with zero attached hydrogens (tertiary/aromatic N) is 2. The molecule has 1 aliphatic rings. The third kappa shape index (κ3) is 2.87. The molecule has 1 amide bonds. The van der Waals surface area contributed by atoms with E-state index in [4.69, 9.17) is 11.6 Å². The summed E-state index contributed by atoms with van der Waals surface area (Å²) in [5, 5.41) is 10.9. The number of hydrogen-bond acceptors (Lipinski definition) is 3. The molecule has 1 atom stereocenters. The first-order chi connectivity index (χ1) is 10.7. The molecule has 22 heavy (non-hydrogen) atoms. The lowest BCUT2D eigenvalue weighted by molar-refractivity contribution is 0.0731. The van der Waals surface area contributed by atoms with E-state index < -0.39 is 0 Å². The molecule has 1 aromatic heterocycles. The molecule has 0 spiro atoms. The normalized spacial score (nSPS) is 17.9. The van der Waals surface area contributed by atoms with Crippen molar-refractivity contribution in [3.8, 4) is 11.3 Å². The topological polar surface area (TPSA) is 61.0 Å². The molecule has 1 fully saturated rings. The second-order valence-corrected chi connectivity index (χ2v) is 5.91. The molecular weight excluding hydrogens is 300 g/mol. The Morgan fingerprint density at radius 1 is 1.50 bits per heavy atom. The largest absolute Gasteiger partial charge is 0.333 e. The molecule has 0 saturated carbocycles. The van der Waals surface area contributed by atoms with Crippen molar-refractivity contribution in [2.45, 2.75) is 18.9 Å². The van der Waals surface area contributed by atoms with Crippen molar-refractivity contribution in [1.29, 1.82) is 0 Å². The Morgan fingerprint density at radius 2 is 2.32 bits per heavy atom. The third-order valence-electron chi connectivity index (χ3n) is 4.04. The minimum absolute atomic E-state index is 0.00329. The van der Waals surface area contributed by atoms with Crippen LogP contribution in [0.3, 0.4) is 0 Å². The fourth-order valence-corrected chi connectivity index (χ4v) is 3.18. The molecule has 2 N–H and O–H groups in total. The van der Waals surface area contributed by atoms with Gasteiger partial charge in [0.15, 0.2) is 0 Å². The van der Waals surface area contributed by atoms with Crippen molar-refractivity contribution in [1.82, 2.24) is 20.4 Å². The second kappa shape index (κ2) is 6.50. The quantitative estimate of drug-likeness (QED) is 0.910. The lowest BCUT2D eigenvalue weighted by Crippen LogP contribution is -2.41. The van der Waals surface area contributed by atoms with Gasteiger partial charge in [0, 0.05) is 24.7 Å². The highest BCUT2D eigenvalue weighted by Crippen LogP contribution is 2.27. The Morgan fingerprint density at radius 3 is 3.09 bits per heavy atom. The molecule has 3 rings (SSSR count). The summed E-state index contributed by atoms with van der Waals surface area (Å²) in [5.74, 6) is 0.00329. The first-order valence-electron chi connectivity index (χ1n) is 7.46. The molecule has 2 heterocycles. The smallest absolute Gasteiger partial charge is 0.272 e. The van der Waals surface area contributed by atoms with Crippen LogP contribution in [-0.2, 0) is 0 Å². The Kier molecular flexibility index (Phi) is 4.45. The standard InChI is InChI=1S/C16H19ClN4O/c1-18-10-11-5-4-8-21(11)16(22)15-9-14(19-20-15)12-6-2-3-7-13(12)17/h2-3,6-7,9,11,18H,4-5,8,10H2,1H3,(H,19,20). The van der Waals surface area contributed by atoms with E-state index in [0.717, 1.165) is 31.5 Å². The van der Waals surface area contributed by atoms with Crippen LogP contribution in [0.15, 0.2) is 30.3 Å². The fourth-order valence-electron chi connectivity index (χ4n) is 2.94. The number of carbonyl (C=O) groups is 1. The highest BCUT2D eigenvalue weighted by molar-refractivity contribution is 6.33. The average Bonchev–Trinajstić information content (AvgIpc) is 3.17. The fraction of sp³-hybridized carbons (Fsp3) is 0.375. The zero-order valence-corrected chi connectivity index (χ0v) is 13.2. The molecule has 116 valence electrons. The Balaban J connectivity index is 1.82. The van der Waals surface area contributed by atoms with Crippen molar-refractivity contribution >= 4 is 17.5 Å². The maximum absolute atomic E-state index is 12.7. The summed E-state index contributed by atoms with van der Waals surface area (Å²) in [5.41, 5.74) is 2.03. The number of likely N-dealkylation sites (tertiary alicyclic amines) is 1. The number of amides is 1. The van der Waals surface area contributed by atoms with Gasteiger partial charge in [-0.1, -0.05) is 29.8 Å². The van der Waals surface area contributed by atoms with Crippen LogP contribution in [0, 0.1) is 0 Å². The van der Waals surface area contributed by atoms with Gasteiger partial charge in [0.05, 0.1) is 10.7 Å². The van der Waals surface area contributed by atoms with E-state index in [1.54, 1.807) is 6.07 Å². The van der Waals surface area contributed by atoms with E-state index >= 15 is 0 Å². The van der Waals surface area contributed by atoms with Gasteiger partial charge in [-0.25, -0.2) is 0 Å². The van der Waals surface area contributed by atoms with Crippen molar-refractivity contribution in [3.63, 3.8) is 0 Å². The number of nitrogens with one attached hydrogen (secondary N) is 2. The summed E-state index contributed by atoms with van der Waals surface area (Å²) >= 11 is 6.18. The minimum atomic E-state index is 0.00329. The molecule has 1 unspecified atom stereocenters. The third-order valence-corrected chi connectivity index (χ3v) is 4.37. The van der Waals surface area contributed by atoms with E-state index in [1.165, 1.54) is 0 Å². The molecule has 1 aromatic carbocycles. The maximum atomic E-state index is 12.7. The Bertz CT molecular complexity index is 670. The first-order valence-corrected chi connectivity index (χ1v) is 7.84. The van der Waals surface area contributed by atoms with Gasteiger partial charge in [-0.15, -0.1) is 0 Å². The van der Waals surface area contributed by atoms with E-state index in [-0.39, 0.29) is 11.9 Å². The molecule has 1 aliphatic heterocycles. The number of hydrogen-bond donors (Lipinski definition) is 2. The van der Waals surface area contributed by atoms with Crippen molar-refractivity contribution in [3.05, 3.63) is 41.0 Å². The van der Waals surface area contributed by atoms with Gasteiger partial charge in [0.2, 0.25) is 0 Å². The number of aromatic nitrogens is 2. The predicted octanol–water partition coefficient (Wildman–Crippen LogP) is 2.55.